The number of rotatable bonds is 4. The predicted octanol–water partition coefficient (Wildman–Crippen LogP) is 6.80. The predicted molar refractivity (Wildman–Crippen MR) is 96.5 cm³/mol. The first-order valence-corrected chi connectivity index (χ1v) is 9.16. The second kappa shape index (κ2) is 6.14. The van der Waals surface area contributed by atoms with Crippen LogP contribution in [0.1, 0.15) is 36.1 Å². The van der Waals surface area contributed by atoms with Crippen molar-refractivity contribution in [1.29, 1.82) is 0 Å². The molecule has 2 aromatic carbocycles. The molecule has 3 heteroatoms. The summed E-state index contributed by atoms with van der Waals surface area (Å²) in [6, 6.07) is 14.6. The normalized spacial score (nSPS) is 14.1. The van der Waals surface area contributed by atoms with Crippen LogP contribution < -0.4 is 0 Å². The van der Waals surface area contributed by atoms with Crippen molar-refractivity contribution in [2.75, 3.05) is 0 Å². The fraction of sp³-hybridized carbons (Fsp3) is 0.238. The molecule has 0 nitrogen and oxygen atoms in total. The molecule has 0 radical (unpaired) electrons. The third-order valence-corrected chi connectivity index (χ3v) is 5.86. The Morgan fingerprint density at radius 1 is 0.917 bits per heavy atom. The van der Waals surface area contributed by atoms with Gasteiger partial charge in [0, 0.05) is 9.75 Å². The summed E-state index contributed by atoms with van der Waals surface area (Å²) in [4.78, 5) is 1.92. The molecular formula is C21H18F2S. The quantitative estimate of drug-likeness (QED) is 0.490. The summed E-state index contributed by atoms with van der Waals surface area (Å²) >= 11 is 1.51. The largest absolute Gasteiger partial charge is 0.206 e. The second-order valence-electron chi connectivity index (χ2n) is 6.34. The Morgan fingerprint density at radius 3 is 2.17 bits per heavy atom. The molecule has 0 aliphatic heterocycles. The molecule has 1 fully saturated rings. The van der Waals surface area contributed by atoms with Crippen LogP contribution in [0, 0.1) is 11.6 Å². The highest BCUT2D eigenvalue weighted by molar-refractivity contribution is 7.15. The highest BCUT2D eigenvalue weighted by atomic mass is 32.1. The van der Waals surface area contributed by atoms with Gasteiger partial charge in [-0.2, -0.15) is 0 Å². The van der Waals surface area contributed by atoms with Gasteiger partial charge in [-0.15, -0.1) is 11.3 Å². The van der Waals surface area contributed by atoms with Crippen LogP contribution in [-0.2, 0) is 6.42 Å². The van der Waals surface area contributed by atoms with Crippen molar-refractivity contribution in [3.8, 4) is 21.6 Å². The third kappa shape index (κ3) is 2.89. The maximum atomic E-state index is 14.6. The van der Waals surface area contributed by atoms with E-state index in [-0.39, 0.29) is 5.56 Å². The number of aryl methyl sites for hydroxylation is 1. The molecule has 1 aliphatic carbocycles. The summed E-state index contributed by atoms with van der Waals surface area (Å²) < 4.78 is 29.2. The van der Waals surface area contributed by atoms with E-state index in [0.717, 1.165) is 12.0 Å². The first kappa shape index (κ1) is 15.5. The zero-order valence-electron chi connectivity index (χ0n) is 13.5. The summed E-state index contributed by atoms with van der Waals surface area (Å²) in [5, 5.41) is 0. The Morgan fingerprint density at radius 2 is 1.58 bits per heavy atom. The van der Waals surface area contributed by atoms with E-state index in [9.17, 15) is 8.78 Å². The lowest BCUT2D eigenvalue weighted by atomic mass is 10.0. The Balaban J connectivity index is 1.71. The summed E-state index contributed by atoms with van der Waals surface area (Å²) in [6.45, 7) is 2.08. The van der Waals surface area contributed by atoms with E-state index < -0.39 is 11.6 Å². The van der Waals surface area contributed by atoms with E-state index in [4.69, 9.17) is 0 Å². The lowest BCUT2D eigenvalue weighted by Gasteiger charge is -2.08. The average molecular weight is 340 g/mol. The summed E-state index contributed by atoms with van der Waals surface area (Å²) in [5.74, 6) is -0.381. The van der Waals surface area contributed by atoms with Gasteiger partial charge in [-0.05, 0) is 66.1 Å². The fourth-order valence-corrected chi connectivity index (χ4v) is 4.21. The number of halogens is 2. The minimum Gasteiger partial charge on any atom is -0.206 e. The molecule has 0 amide bonds. The van der Waals surface area contributed by atoms with E-state index in [0.29, 0.717) is 16.4 Å². The molecule has 0 bridgehead atoms. The molecule has 1 aromatic heterocycles. The smallest absolute Gasteiger partial charge is 0.135 e. The molecule has 122 valence electrons. The van der Waals surface area contributed by atoms with Gasteiger partial charge in [-0.1, -0.05) is 31.2 Å². The Hall–Kier alpha value is -2.00. The molecule has 0 spiro atoms. The van der Waals surface area contributed by atoms with Crippen molar-refractivity contribution in [3.05, 3.63) is 70.6 Å². The topological polar surface area (TPSA) is 0 Å². The standard InChI is InChI=1S/C21H18F2S/c1-2-13-3-5-14(6-4-13)16-11-17(22)21(18(23)12-16)20-10-9-19(24-20)15-7-8-15/h3-6,9-12,15H,2,7-8H2,1H3. The minimum absolute atomic E-state index is 0.0980. The van der Waals surface area contributed by atoms with Gasteiger partial charge in [0.25, 0.3) is 0 Å². The van der Waals surface area contributed by atoms with Crippen molar-refractivity contribution in [3.63, 3.8) is 0 Å². The highest BCUT2D eigenvalue weighted by Gasteiger charge is 2.26. The van der Waals surface area contributed by atoms with E-state index in [1.165, 1.54) is 46.8 Å². The minimum atomic E-state index is -0.492. The first-order valence-electron chi connectivity index (χ1n) is 8.34. The van der Waals surface area contributed by atoms with Gasteiger partial charge in [0.1, 0.15) is 11.6 Å². The van der Waals surface area contributed by atoms with Gasteiger partial charge in [0.15, 0.2) is 0 Å². The SMILES string of the molecule is CCc1ccc(-c2cc(F)c(-c3ccc(C4CC4)s3)c(F)c2)cc1. The average Bonchev–Trinajstić information content (AvgIpc) is 3.33. The molecule has 0 atom stereocenters. The molecule has 1 heterocycles. The molecule has 1 aliphatic rings. The number of hydrogen-bond donors (Lipinski definition) is 0. The molecule has 0 unspecified atom stereocenters. The van der Waals surface area contributed by atoms with Crippen molar-refractivity contribution < 1.29 is 8.78 Å². The van der Waals surface area contributed by atoms with Gasteiger partial charge in [0.2, 0.25) is 0 Å². The number of hydrogen-bond acceptors (Lipinski definition) is 1. The summed E-state index contributed by atoms with van der Waals surface area (Å²) in [6.07, 6.45) is 3.33. The van der Waals surface area contributed by atoms with Crippen molar-refractivity contribution in [1.82, 2.24) is 0 Å². The Labute approximate surface area is 144 Å². The van der Waals surface area contributed by atoms with E-state index in [1.54, 1.807) is 0 Å². The first-order chi connectivity index (χ1) is 11.7. The third-order valence-electron chi connectivity index (χ3n) is 4.59. The lowest BCUT2D eigenvalue weighted by molar-refractivity contribution is 0.591. The summed E-state index contributed by atoms with van der Waals surface area (Å²) in [7, 11) is 0. The van der Waals surface area contributed by atoms with E-state index in [2.05, 4.69) is 6.92 Å². The van der Waals surface area contributed by atoms with Crippen molar-refractivity contribution in [2.24, 2.45) is 0 Å². The fourth-order valence-electron chi connectivity index (χ4n) is 2.98. The van der Waals surface area contributed by atoms with Crippen molar-refractivity contribution in [2.45, 2.75) is 32.1 Å². The molecular weight excluding hydrogens is 322 g/mol. The maximum Gasteiger partial charge on any atom is 0.135 e. The van der Waals surface area contributed by atoms with Crippen LogP contribution in [-0.4, -0.2) is 0 Å². The van der Waals surface area contributed by atoms with Crippen molar-refractivity contribution >= 4 is 11.3 Å². The lowest BCUT2D eigenvalue weighted by Crippen LogP contribution is -1.91. The number of benzene rings is 2. The van der Waals surface area contributed by atoms with E-state index >= 15 is 0 Å². The van der Waals surface area contributed by atoms with Crippen LogP contribution >= 0.6 is 11.3 Å². The molecule has 0 saturated heterocycles. The molecule has 1 saturated carbocycles. The maximum absolute atomic E-state index is 14.6. The van der Waals surface area contributed by atoms with Gasteiger partial charge < -0.3 is 0 Å². The zero-order valence-corrected chi connectivity index (χ0v) is 14.3. The van der Waals surface area contributed by atoms with E-state index in [1.807, 2.05) is 36.4 Å². The van der Waals surface area contributed by atoms with Crippen LogP contribution in [0.15, 0.2) is 48.5 Å². The van der Waals surface area contributed by atoms with Gasteiger partial charge in [0.05, 0.1) is 5.56 Å². The summed E-state index contributed by atoms with van der Waals surface area (Å²) in [5.41, 5.74) is 2.72. The molecule has 4 rings (SSSR count). The molecule has 3 aromatic rings. The van der Waals surface area contributed by atoms with Gasteiger partial charge in [-0.3, -0.25) is 0 Å². The second-order valence-corrected chi connectivity index (χ2v) is 7.46. The monoisotopic (exact) mass is 340 g/mol. The van der Waals surface area contributed by atoms with Crippen LogP contribution in [0.2, 0.25) is 0 Å². The van der Waals surface area contributed by atoms with Crippen LogP contribution in [0.25, 0.3) is 21.6 Å². The molecule has 0 N–H and O–H groups in total. The molecule has 24 heavy (non-hydrogen) atoms. The van der Waals surface area contributed by atoms with Crippen LogP contribution in [0.5, 0.6) is 0 Å². The Kier molecular flexibility index (Phi) is 3.97. The van der Waals surface area contributed by atoms with Crippen LogP contribution in [0.4, 0.5) is 8.78 Å². The number of thiophene rings is 1. The van der Waals surface area contributed by atoms with Gasteiger partial charge in [-0.25, -0.2) is 8.78 Å². The van der Waals surface area contributed by atoms with Gasteiger partial charge >= 0.3 is 0 Å². The highest BCUT2D eigenvalue weighted by Crippen LogP contribution is 2.45. The Bertz CT molecular complexity index is 850. The van der Waals surface area contributed by atoms with Crippen LogP contribution in [0.3, 0.4) is 0 Å². The zero-order chi connectivity index (χ0) is 16.7.